The minimum atomic E-state index is -3.92. The lowest BCUT2D eigenvalue weighted by molar-refractivity contribution is 0.235. The van der Waals surface area contributed by atoms with Crippen LogP contribution in [0.25, 0.3) is 0 Å². The van der Waals surface area contributed by atoms with Gasteiger partial charge >= 0.3 is 0 Å². The van der Waals surface area contributed by atoms with E-state index in [1.165, 1.54) is 38.4 Å². The molecule has 0 unspecified atom stereocenters. The monoisotopic (exact) mass is 470 g/mol. The summed E-state index contributed by atoms with van der Waals surface area (Å²) in [7, 11) is -4.74. The molecule has 8 nitrogen and oxygen atoms in total. The Kier molecular flexibility index (Phi) is 7.20. The first-order chi connectivity index (χ1) is 14.6. The van der Waals surface area contributed by atoms with Gasteiger partial charge in [0.25, 0.3) is 10.0 Å². The van der Waals surface area contributed by atoms with Gasteiger partial charge in [0, 0.05) is 46.8 Å². The maximum absolute atomic E-state index is 12.9. The first kappa shape index (κ1) is 23.5. The molecule has 1 heterocycles. The first-order valence-electron chi connectivity index (χ1n) is 9.83. The van der Waals surface area contributed by atoms with E-state index in [0.717, 1.165) is 9.99 Å². The molecule has 31 heavy (non-hydrogen) atoms. The Bertz CT molecular complexity index is 1100. The Morgan fingerprint density at radius 2 is 1.48 bits per heavy atom. The number of nitrogens with one attached hydrogen (secondary N) is 1. The van der Waals surface area contributed by atoms with Crippen LogP contribution in [-0.4, -0.2) is 79.5 Å². The zero-order chi connectivity index (χ0) is 22.6. The SMILES string of the molecule is CN(C)S(=O)(=O)c1ccc(S(=O)(=O)Nc2ccccc2N2CCN(CCF)CC2)cc1. The minimum Gasteiger partial charge on any atom is -0.367 e. The van der Waals surface area contributed by atoms with Gasteiger partial charge < -0.3 is 4.90 Å². The van der Waals surface area contributed by atoms with Crippen LogP contribution in [0.2, 0.25) is 0 Å². The van der Waals surface area contributed by atoms with Crippen LogP contribution in [-0.2, 0) is 20.0 Å². The van der Waals surface area contributed by atoms with Crippen molar-refractivity contribution in [3.05, 3.63) is 48.5 Å². The molecule has 1 aliphatic heterocycles. The number of benzene rings is 2. The van der Waals surface area contributed by atoms with Crippen LogP contribution in [0.4, 0.5) is 15.8 Å². The van der Waals surface area contributed by atoms with E-state index in [-0.39, 0.29) is 16.5 Å². The minimum absolute atomic E-state index is 0.0167. The Balaban J connectivity index is 1.80. The van der Waals surface area contributed by atoms with E-state index in [0.29, 0.717) is 38.4 Å². The van der Waals surface area contributed by atoms with E-state index in [2.05, 4.69) is 9.62 Å². The van der Waals surface area contributed by atoms with E-state index < -0.39 is 20.0 Å². The van der Waals surface area contributed by atoms with Crippen LogP contribution in [0.1, 0.15) is 0 Å². The molecule has 1 N–H and O–H groups in total. The van der Waals surface area contributed by atoms with Crippen LogP contribution in [0, 0.1) is 0 Å². The summed E-state index contributed by atoms with van der Waals surface area (Å²) >= 11 is 0. The lowest BCUT2D eigenvalue weighted by atomic mass is 10.2. The van der Waals surface area contributed by atoms with Gasteiger partial charge in [-0.25, -0.2) is 25.5 Å². The molecule has 0 atom stereocenters. The fraction of sp³-hybridized carbons (Fsp3) is 0.400. The van der Waals surface area contributed by atoms with Crippen molar-refractivity contribution in [2.45, 2.75) is 9.79 Å². The van der Waals surface area contributed by atoms with Crippen LogP contribution in [0.15, 0.2) is 58.3 Å². The normalized spacial score (nSPS) is 15.9. The molecule has 0 bridgehead atoms. The number of hydrogen-bond donors (Lipinski definition) is 1. The fourth-order valence-corrected chi connectivity index (χ4v) is 5.35. The van der Waals surface area contributed by atoms with Crippen LogP contribution in [0.3, 0.4) is 0 Å². The number of nitrogens with zero attached hydrogens (tertiary/aromatic N) is 3. The van der Waals surface area contributed by atoms with E-state index in [4.69, 9.17) is 0 Å². The Hall–Kier alpha value is -2.21. The molecule has 170 valence electrons. The third-order valence-electron chi connectivity index (χ3n) is 5.17. The van der Waals surface area contributed by atoms with Crippen LogP contribution < -0.4 is 9.62 Å². The highest BCUT2D eigenvalue weighted by molar-refractivity contribution is 7.92. The Morgan fingerprint density at radius 1 is 0.903 bits per heavy atom. The lowest BCUT2D eigenvalue weighted by Gasteiger charge is -2.36. The average Bonchev–Trinajstić information content (AvgIpc) is 2.75. The number of para-hydroxylation sites is 2. The second kappa shape index (κ2) is 9.51. The molecule has 0 amide bonds. The van der Waals surface area contributed by atoms with Gasteiger partial charge in [0.1, 0.15) is 6.67 Å². The molecule has 1 aliphatic rings. The van der Waals surface area contributed by atoms with Crippen molar-refractivity contribution in [3.8, 4) is 0 Å². The number of halogens is 1. The van der Waals surface area contributed by atoms with E-state index >= 15 is 0 Å². The number of alkyl halides is 1. The summed E-state index contributed by atoms with van der Waals surface area (Å²) in [6.45, 7) is 2.75. The summed E-state index contributed by atoms with van der Waals surface area (Å²) in [5.74, 6) is 0. The third kappa shape index (κ3) is 5.35. The molecule has 3 rings (SSSR count). The average molecular weight is 471 g/mol. The van der Waals surface area contributed by atoms with Gasteiger partial charge in [0.2, 0.25) is 10.0 Å². The molecule has 2 aromatic carbocycles. The second-order valence-electron chi connectivity index (χ2n) is 7.40. The summed E-state index contributed by atoms with van der Waals surface area (Å²) in [4.78, 5) is 4.09. The van der Waals surface area contributed by atoms with Crippen molar-refractivity contribution >= 4 is 31.4 Å². The zero-order valence-corrected chi connectivity index (χ0v) is 19.2. The molecule has 0 aromatic heterocycles. The van der Waals surface area contributed by atoms with Gasteiger partial charge in [-0.15, -0.1) is 0 Å². The van der Waals surface area contributed by atoms with Crippen molar-refractivity contribution in [3.63, 3.8) is 0 Å². The van der Waals surface area contributed by atoms with Gasteiger partial charge in [0.15, 0.2) is 0 Å². The number of sulfonamides is 2. The smallest absolute Gasteiger partial charge is 0.261 e. The summed E-state index contributed by atoms with van der Waals surface area (Å²) in [6.07, 6.45) is 0. The van der Waals surface area contributed by atoms with E-state index in [1.807, 2.05) is 17.0 Å². The zero-order valence-electron chi connectivity index (χ0n) is 17.5. The number of hydrogen-bond acceptors (Lipinski definition) is 6. The maximum Gasteiger partial charge on any atom is 0.261 e. The molecule has 1 fully saturated rings. The van der Waals surface area contributed by atoms with Gasteiger partial charge in [0.05, 0.1) is 21.2 Å². The van der Waals surface area contributed by atoms with Gasteiger partial charge in [-0.05, 0) is 36.4 Å². The van der Waals surface area contributed by atoms with Crippen molar-refractivity contribution in [2.24, 2.45) is 0 Å². The molecular weight excluding hydrogens is 443 g/mol. The van der Waals surface area contributed by atoms with Crippen LogP contribution in [0.5, 0.6) is 0 Å². The second-order valence-corrected chi connectivity index (χ2v) is 11.2. The van der Waals surface area contributed by atoms with Gasteiger partial charge in [-0.3, -0.25) is 9.62 Å². The topological polar surface area (TPSA) is 90.0 Å². The molecule has 1 saturated heterocycles. The van der Waals surface area contributed by atoms with Crippen molar-refractivity contribution in [1.82, 2.24) is 9.21 Å². The highest BCUT2D eigenvalue weighted by Gasteiger charge is 2.23. The molecule has 2 aromatic rings. The van der Waals surface area contributed by atoms with E-state index in [1.54, 1.807) is 12.1 Å². The number of anilines is 2. The van der Waals surface area contributed by atoms with Gasteiger partial charge in [-0.1, -0.05) is 12.1 Å². The molecule has 0 radical (unpaired) electrons. The summed E-state index contributed by atoms with van der Waals surface area (Å²) in [5.41, 5.74) is 1.18. The predicted molar refractivity (Wildman–Crippen MR) is 119 cm³/mol. The third-order valence-corrected chi connectivity index (χ3v) is 8.39. The largest absolute Gasteiger partial charge is 0.367 e. The summed E-state index contributed by atoms with van der Waals surface area (Å²) in [6, 6.07) is 12.2. The molecule has 11 heteroatoms. The molecule has 0 saturated carbocycles. The molecule has 0 spiro atoms. The van der Waals surface area contributed by atoms with Crippen LogP contribution >= 0.6 is 0 Å². The fourth-order valence-electron chi connectivity index (χ4n) is 3.37. The number of piperazine rings is 1. The molecule has 0 aliphatic carbocycles. The van der Waals surface area contributed by atoms with Crippen molar-refractivity contribution < 1.29 is 21.2 Å². The van der Waals surface area contributed by atoms with E-state index in [9.17, 15) is 21.2 Å². The Labute approximate surface area is 183 Å². The lowest BCUT2D eigenvalue weighted by Crippen LogP contribution is -2.47. The van der Waals surface area contributed by atoms with Crippen molar-refractivity contribution in [1.29, 1.82) is 0 Å². The van der Waals surface area contributed by atoms with Crippen molar-refractivity contribution in [2.75, 3.05) is 63.1 Å². The maximum atomic E-state index is 12.9. The first-order valence-corrected chi connectivity index (χ1v) is 12.7. The predicted octanol–water partition coefficient (Wildman–Crippen LogP) is 1.83. The highest BCUT2D eigenvalue weighted by atomic mass is 32.2. The summed E-state index contributed by atoms with van der Waals surface area (Å²) < 4.78 is 66.5. The highest BCUT2D eigenvalue weighted by Crippen LogP contribution is 2.29. The number of rotatable bonds is 8. The quantitative estimate of drug-likeness (QED) is 0.633. The Morgan fingerprint density at radius 3 is 2.06 bits per heavy atom. The van der Waals surface area contributed by atoms with Gasteiger partial charge in [-0.2, -0.15) is 0 Å². The standard InChI is InChI=1S/C20H27FN4O4S2/c1-23(2)31(28,29)18-9-7-17(8-10-18)30(26,27)22-19-5-3-4-6-20(19)25-15-13-24(12-11-21)14-16-25/h3-10,22H,11-16H2,1-2H3. The summed E-state index contributed by atoms with van der Waals surface area (Å²) in [5, 5.41) is 0. The molecular formula is C20H27FN4O4S2.